The molecule has 0 amide bonds. The van der Waals surface area contributed by atoms with E-state index in [1.165, 1.54) is 0 Å². The summed E-state index contributed by atoms with van der Waals surface area (Å²) >= 11 is 3.71. The summed E-state index contributed by atoms with van der Waals surface area (Å²) in [6.45, 7) is 0. The monoisotopic (exact) mass is 512 g/mol. The van der Waals surface area contributed by atoms with Crippen molar-refractivity contribution in [1.29, 1.82) is 0 Å². The second-order valence-electron chi connectivity index (χ2n) is 8.38. The number of halogens is 1. The molecule has 0 saturated heterocycles. The van der Waals surface area contributed by atoms with Gasteiger partial charge in [-0.2, -0.15) is 0 Å². The lowest BCUT2D eigenvalue weighted by Crippen LogP contribution is -1.98. The Morgan fingerprint density at radius 2 is 1.00 bits per heavy atom. The Hall–Kier alpha value is -4.08. The SMILES string of the molecule is Brc1ccc(-c2cc(-c3ccccc3)nc(-c3ccccc3-c3ccccc3)n2)c2ccccc12. The average molecular weight is 513 g/mol. The fraction of sp³-hybridized carbons (Fsp3) is 0. The lowest BCUT2D eigenvalue weighted by atomic mass is 9.98. The highest BCUT2D eigenvalue weighted by Gasteiger charge is 2.15. The molecule has 6 rings (SSSR count). The molecule has 0 aliphatic heterocycles. The van der Waals surface area contributed by atoms with Gasteiger partial charge in [-0.3, -0.25) is 0 Å². The fourth-order valence-electron chi connectivity index (χ4n) is 4.50. The van der Waals surface area contributed by atoms with Gasteiger partial charge in [-0.05, 0) is 34.0 Å². The van der Waals surface area contributed by atoms with E-state index < -0.39 is 0 Å². The average Bonchev–Trinajstić information content (AvgIpc) is 2.94. The van der Waals surface area contributed by atoms with Crippen LogP contribution in [-0.4, -0.2) is 9.97 Å². The van der Waals surface area contributed by atoms with Crippen molar-refractivity contribution in [1.82, 2.24) is 9.97 Å². The number of benzene rings is 5. The van der Waals surface area contributed by atoms with Gasteiger partial charge in [0, 0.05) is 21.2 Å². The van der Waals surface area contributed by atoms with Gasteiger partial charge in [0.25, 0.3) is 0 Å². The molecule has 0 radical (unpaired) electrons. The number of aromatic nitrogens is 2. The van der Waals surface area contributed by atoms with Crippen LogP contribution < -0.4 is 0 Å². The minimum Gasteiger partial charge on any atom is -0.228 e. The van der Waals surface area contributed by atoms with Crippen molar-refractivity contribution in [2.75, 3.05) is 0 Å². The smallest absolute Gasteiger partial charge is 0.161 e. The summed E-state index contributed by atoms with van der Waals surface area (Å²) in [4.78, 5) is 10.2. The van der Waals surface area contributed by atoms with Gasteiger partial charge in [-0.25, -0.2) is 9.97 Å². The number of rotatable bonds is 4. The summed E-state index contributed by atoms with van der Waals surface area (Å²) in [5.74, 6) is 0.716. The maximum absolute atomic E-state index is 5.14. The molecule has 0 atom stereocenters. The quantitative estimate of drug-likeness (QED) is 0.235. The van der Waals surface area contributed by atoms with Crippen LogP contribution in [0.3, 0.4) is 0 Å². The van der Waals surface area contributed by atoms with E-state index in [0.717, 1.165) is 54.5 Å². The minimum absolute atomic E-state index is 0.716. The molecule has 35 heavy (non-hydrogen) atoms. The standard InChI is InChI=1S/C32H21BrN2/c33-29-20-19-27(25-16-8-9-17-26(25)29)31-21-30(23-13-5-2-6-14-23)34-32(35-31)28-18-10-7-15-24(28)22-11-3-1-4-12-22/h1-21H. The fourth-order valence-corrected chi connectivity index (χ4v) is 4.97. The highest BCUT2D eigenvalue weighted by atomic mass is 79.9. The van der Waals surface area contributed by atoms with Crippen molar-refractivity contribution in [3.05, 3.63) is 132 Å². The molecular formula is C32H21BrN2. The normalized spacial score (nSPS) is 11.0. The van der Waals surface area contributed by atoms with Crippen LogP contribution in [0.1, 0.15) is 0 Å². The number of hydrogen-bond acceptors (Lipinski definition) is 2. The second-order valence-corrected chi connectivity index (χ2v) is 9.23. The molecule has 0 aliphatic carbocycles. The molecule has 2 nitrogen and oxygen atoms in total. The predicted octanol–water partition coefficient (Wildman–Crippen LogP) is 9.06. The Bertz CT molecular complexity index is 1640. The molecule has 5 aromatic carbocycles. The van der Waals surface area contributed by atoms with Crippen LogP contribution in [0, 0.1) is 0 Å². The van der Waals surface area contributed by atoms with Crippen LogP contribution in [0.15, 0.2) is 132 Å². The van der Waals surface area contributed by atoms with E-state index in [1.807, 2.05) is 24.3 Å². The van der Waals surface area contributed by atoms with Crippen LogP contribution in [0.4, 0.5) is 0 Å². The van der Waals surface area contributed by atoms with Gasteiger partial charge in [0.05, 0.1) is 11.4 Å². The summed E-state index contributed by atoms with van der Waals surface area (Å²) in [7, 11) is 0. The van der Waals surface area contributed by atoms with Gasteiger partial charge in [0.2, 0.25) is 0 Å². The summed E-state index contributed by atoms with van der Waals surface area (Å²) in [5, 5.41) is 2.32. The van der Waals surface area contributed by atoms with Gasteiger partial charge in [-0.1, -0.05) is 131 Å². The molecule has 0 spiro atoms. The van der Waals surface area contributed by atoms with Crippen LogP contribution in [0.2, 0.25) is 0 Å². The Morgan fingerprint density at radius 3 is 1.74 bits per heavy atom. The molecule has 6 aromatic rings. The van der Waals surface area contributed by atoms with Crippen molar-refractivity contribution < 1.29 is 0 Å². The largest absolute Gasteiger partial charge is 0.228 e. The van der Waals surface area contributed by atoms with Gasteiger partial charge < -0.3 is 0 Å². The first-order valence-corrected chi connectivity index (χ1v) is 12.3. The molecular weight excluding hydrogens is 492 g/mol. The van der Waals surface area contributed by atoms with Crippen molar-refractivity contribution in [2.45, 2.75) is 0 Å². The number of hydrogen-bond donors (Lipinski definition) is 0. The zero-order valence-electron chi connectivity index (χ0n) is 18.9. The van der Waals surface area contributed by atoms with Gasteiger partial charge >= 0.3 is 0 Å². The molecule has 0 aliphatic rings. The van der Waals surface area contributed by atoms with E-state index in [-0.39, 0.29) is 0 Å². The zero-order chi connectivity index (χ0) is 23.6. The third-order valence-electron chi connectivity index (χ3n) is 6.20. The van der Waals surface area contributed by atoms with Gasteiger partial charge in [0.15, 0.2) is 5.82 Å². The summed E-state index contributed by atoms with van der Waals surface area (Å²) < 4.78 is 1.07. The molecule has 0 N–H and O–H groups in total. The van der Waals surface area contributed by atoms with E-state index >= 15 is 0 Å². The lowest BCUT2D eigenvalue weighted by Gasteiger charge is -2.14. The van der Waals surface area contributed by atoms with E-state index in [9.17, 15) is 0 Å². The summed E-state index contributed by atoms with van der Waals surface area (Å²) in [5.41, 5.74) is 7.23. The maximum atomic E-state index is 5.14. The Kier molecular flexibility index (Phi) is 5.69. The molecule has 0 fully saturated rings. The Balaban J connectivity index is 1.63. The minimum atomic E-state index is 0.716. The first-order chi connectivity index (χ1) is 17.3. The van der Waals surface area contributed by atoms with E-state index in [2.05, 4.69) is 119 Å². The van der Waals surface area contributed by atoms with Crippen LogP contribution in [0.5, 0.6) is 0 Å². The number of nitrogens with zero attached hydrogens (tertiary/aromatic N) is 2. The zero-order valence-corrected chi connectivity index (χ0v) is 20.5. The Morgan fingerprint density at radius 1 is 0.429 bits per heavy atom. The van der Waals surface area contributed by atoms with Crippen molar-refractivity contribution in [3.8, 4) is 45.0 Å². The molecule has 3 heteroatoms. The van der Waals surface area contributed by atoms with Gasteiger partial charge in [-0.15, -0.1) is 0 Å². The predicted molar refractivity (Wildman–Crippen MR) is 149 cm³/mol. The molecule has 1 aromatic heterocycles. The van der Waals surface area contributed by atoms with Crippen molar-refractivity contribution >= 4 is 26.7 Å². The molecule has 0 bridgehead atoms. The van der Waals surface area contributed by atoms with E-state index in [0.29, 0.717) is 5.82 Å². The second kappa shape index (κ2) is 9.28. The maximum Gasteiger partial charge on any atom is 0.161 e. The first kappa shape index (κ1) is 21.5. The summed E-state index contributed by atoms with van der Waals surface area (Å²) in [6, 6.07) is 43.8. The Labute approximate surface area is 213 Å². The van der Waals surface area contributed by atoms with Gasteiger partial charge in [0.1, 0.15) is 0 Å². The summed E-state index contributed by atoms with van der Waals surface area (Å²) in [6.07, 6.45) is 0. The molecule has 0 unspecified atom stereocenters. The molecule has 1 heterocycles. The molecule has 0 saturated carbocycles. The van der Waals surface area contributed by atoms with Crippen LogP contribution in [0.25, 0.3) is 55.8 Å². The third-order valence-corrected chi connectivity index (χ3v) is 6.89. The van der Waals surface area contributed by atoms with E-state index in [1.54, 1.807) is 0 Å². The van der Waals surface area contributed by atoms with E-state index in [4.69, 9.17) is 9.97 Å². The van der Waals surface area contributed by atoms with Crippen LogP contribution >= 0.6 is 15.9 Å². The topological polar surface area (TPSA) is 25.8 Å². The third kappa shape index (κ3) is 4.16. The highest BCUT2D eigenvalue weighted by Crippen LogP contribution is 2.36. The van der Waals surface area contributed by atoms with Crippen LogP contribution in [-0.2, 0) is 0 Å². The lowest BCUT2D eigenvalue weighted by molar-refractivity contribution is 1.19. The van der Waals surface area contributed by atoms with Crippen molar-refractivity contribution in [3.63, 3.8) is 0 Å². The number of fused-ring (bicyclic) bond motifs is 1. The highest BCUT2D eigenvalue weighted by molar-refractivity contribution is 9.10. The molecule has 166 valence electrons. The van der Waals surface area contributed by atoms with Crippen molar-refractivity contribution in [2.24, 2.45) is 0 Å². The first-order valence-electron chi connectivity index (χ1n) is 11.5.